The molecule has 3 rings (SSSR count). The summed E-state index contributed by atoms with van der Waals surface area (Å²) in [7, 11) is 1.73. The summed E-state index contributed by atoms with van der Waals surface area (Å²) in [6.07, 6.45) is 4.52. The summed E-state index contributed by atoms with van der Waals surface area (Å²) in [5, 5.41) is 13.2. The second-order valence-electron chi connectivity index (χ2n) is 4.92. The Kier molecular flexibility index (Phi) is 4.23. The molecular formula is C15H13F2N5O2. The smallest absolute Gasteiger partial charge is 0.387 e. The van der Waals surface area contributed by atoms with E-state index in [1.54, 1.807) is 30.1 Å². The zero-order chi connectivity index (χ0) is 17.1. The van der Waals surface area contributed by atoms with Crippen LogP contribution < -0.4 is 10.1 Å². The molecule has 0 spiro atoms. The quantitative estimate of drug-likeness (QED) is 0.752. The number of aryl methyl sites for hydroxylation is 1. The van der Waals surface area contributed by atoms with Crippen molar-refractivity contribution < 1.29 is 18.3 Å². The van der Waals surface area contributed by atoms with Crippen LogP contribution in [-0.4, -0.2) is 32.5 Å². The van der Waals surface area contributed by atoms with Crippen molar-refractivity contribution in [2.75, 3.05) is 5.32 Å². The number of carbonyl (C=O) groups is 1. The molecule has 24 heavy (non-hydrogen) atoms. The number of aromatic amines is 1. The fourth-order valence-corrected chi connectivity index (χ4v) is 2.19. The SMILES string of the molecule is Cn1cc(NC(=O)c2cn[nH]c2-c2cccc(OC(F)F)c2)cn1. The Morgan fingerprint density at radius 3 is 2.92 bits per heavy atom. The topological polar surface area (TPSA) is 84.8 Å². The summed E-state index contributed by atoms with van der Waals surface area (Å²) in [6, 6.07) is 6.02. The van der Waals surface area contributed by atoms with Gasteiger partial charge in [0.25, 0.3) is 5.91 Å². The van der Waals surface area contributed by atoms with E-state index in [1.165, 1.54) is 24.5 Å². The molecular weight excluding hydrogens is 320 g/mol. The number of anilines is 1. The highest BCUT2D eigenvalue weighted by Crippen LogP contribution is 2.26. The van der Waals surface area contributed by atoms with Gasteiger partial charge in [-0.3, -0.25) is 14.6 Å². The molecule has 2 N–H and O–H groups in total. The number of hydrogen-bond acceptors (Lipinski definition) is 4. The van der Waals surface area contributed by atoms with Crippen molar-refractivity contribution in [2.24, 2.45) is 7.05 Å². The molecule has 7 nitrogen and oxygen atoms in total. The van der Waals surface area contributed by atoms with Crippen molar-refractivity contribution in [1.29, 1.82) is 0 Å². The van der Waals surface area contributed by atoms with Gasteiger partial charge in [0.15, 0.2) is 0 Å². The van der Waals surface area contributed by atoms with Crippen LogP contribution in [0, 0.1) is 0 Å². The van der Waals surface area contributed by atoms with E-state index in [9.17, 15) is 13.6 Å². The standard InChI is InChI=1S/C15H13F2N5O2/c1-22-8-10(6-19-22)20-14(23)12-7-18-21-13(12)9-3-2-4-11(5-9)24-15(16)17/h2-8,15H,1H3,(H,18,21)(H,20,23). The number of benzene rings is 1. The first-order valence-electron chi connectivity index (χ1n) is 6.91. The summed E-state index contributed by atoms with van der Waals surface area (Å²) in [6.45, 7) is -2.92. The molecule has 0 saturated carbocycles. The van der Waals surface area contributed by atoms with Crippen LogP contribution in [0.4, 0.5) is 14.5 Å². The van der Waals surface area contributed by atoms with Gasteiger partial charge in [-0.15, -0.1) is 0 Å². The molecule has 0 aliphatic heterocycles. The number of amides is 1. The van der Waals surface area contributed by atoms with E-state index in [2.05, 4.69) is 25.3 Å². The second-order valence-corrected chi connectivity index (χ2v) is 4.92. The van der Waals surface area contributed by atoms with Gasteiger partial charge in [-0.1, -0.05) is 12.1 Å². The minimum Gasteiger partial charge on any atom is -0.435 e. The average molecular weight is 333 g/mol. The van der Waals surface area contributed by atoms with Gasteiger partial charge in [0, 0.05) is 18.8 Å². The van der Waals surface area contributed by atoms with Crippen LogP contribution in [0.2, 0.25) is 0 Å². The van der Waals surface area contributed by atoms with Gasteiger partial charge in [0.2, 0.25) is 0 Å². The van der Waals surface area contributed by atoms with Crippen LogP contribution in [0.3, 0.4) is 0 Å². The lowest BCUT2D eigenvalue weighted by Gasteiger charge is -2.07. The van der Waals surface area contributed by atoms with E-state index >= 15 is 0 Å². The lowest BCUT2D eigenvalue weighted by atomic mass is 10.1. The summed E-state index contributed by atoms with van der Waals surface area (Å²) < 4.78 is 30.6. The van der Waals surface area contributed by atoms with E-state index in [0.717, 1.165) is 0 Å². The van der Waals surface area contributed by atoms with E-state index < -0.39 is 12.5 Å². The van der Waals surface area contributed by atoms with Crippen LogP contribution in [0.25, 0.3) is 11.3 Å². The summed E-state index contributed by atoms with van der Waals surface area (Å²) >= 11 is 0. The zero-order valence-electron chi connectivity index (χ0n) is 12.5. The van der Waals surface area contributed by atoms with Crippen molar-refractivity contribution in [3.05, 3.63) is 48.4 Å². The number of nitrogens with one attached hydrogen (secondary N) is 2. The Balaban J connectivity index is 1.86. The minimum atomic E-state index is -2.92. The van der Waals surface area contributed by atoms with Crippen LogP contribution in [0.5, 0.6) is 5.75 Å². The monoisotopic (exact) mass is 333 g/mol. The fourth-order valence-electron chi connectivity index (χ4n) is 2.19. The molecule has 124 valence electrons. The van der Waals surface area contributed by atoms with E-state index in [1.807, 2.05) is 0 Å². The molecule has 1 aromatic carbocycles. The molecule has 0 radical (unpaired) electrons. The first-order chi connectivity index (χ1) is 11.5. The third-order valence-corrected chi connectivity index (χ3v) is 3.19. The van der Waals surface area contributed by atoms with Gasteiger partial charge < -0.3 is 10.1 Å². The largest absolute Gasteiger partial charge is 0.435 e. The number of carbonyl (C=O) groups excluding carboxylic acids is 1. The maximum absolute atomic E-state index is 12.4. The molecule has 2 aromatic heterocycles. The van der Waals surface area contributed by atoms with Gasteiger partial charge in [-0.2, -0.15) is 19.0 Å². The molecule has 1 amide bonds. The molecule has 0 aliphatic rings. The molecule has 0 unspecified atom stereocenters. The van der Waals surface area contributed by atoms with Crippen molar-refractivity contribution in [3.8, 4) is 17.0 Å². The Bertz CT molecular complexity index is 859. The molecule has 0 saturated heterocycles. The lowest BCUT2D eigenvalue weighted by molar-refractivity contribution is -0.0498. The average Bonchev–Trinajstić information content (AvgIpc) is 3.16. The lowest BCUT2D eigenvalue weighted by Crippen LogP contribution is -2.11. The molecule has 0 aliphatic carbocycles. The maximum Gasteiger partial charge on any atom is 0.387 e. The van der Waals surface area contributed by atoms with Gasteiger partial charge in [0.1, 0.15) is 5.75 Å². The molecule has 9 heteroatoms. The van der Waals surface area contributed by atoms with Gasteiger partial charge in [-0.05, 0) is 12.1 Å². The first kappa shape index (κ1) is 15.7. The third-order valence-electron chi connectivity index (χ3n) is 3.19. The van der Waals surface area contributed by atoms with E-state index in [0.29, 0.717) is 16.9 Å². The third kappa shape index (κ3) is 3.40. The highest BCUT2D eigenvalue weighted by atomic mass is 19.3. The number of ether oxygens (including phenoxy) is 1. The number of nitrogens with zero attached hydrogens (tertiary/aromatic N) is 3. The molecule has 0 fully saturated rings. The minimum absolute atomic E-state index is 0.00397. The number of hydrogen-bond donors (Lipinski definition) is 2. The van der Waals surface area contributed by atoms with Crippen LogP contribution in [0.15, 0.2) is 42.9 Å². The van der Waals surface area contributed by atoms with Gasteiger partial charge in [-0.25, -0.2) is 0 Å². The first-order valence-corrected chi connectivity index (χ1v) is 6.91. The second kappa shape index (κ2) is 6.49. The zero-order valence-corrected chi connectivity index (χ0v) is 12.5. The predicted molar refractivity (Wildman–Crippen MR) is 81.8 cm³/mol. The van der Waals surface area contributed by atoms with Gasteiger partial charge >= 0.3 is 6.61 Å². The molecule has 3 aromatic rings. The Morgan fingerprint density at radius 1 is 1.38 bits per heavy atom. The Labute approximate surface area is 135 Å². The van der Waals surface area contributed by atoms with Crippen molar-refractivity contribution in [1.82, 2.24) is 20.0 Å². The Morgan fingerprint density at radius 2 is 2.21 bits per heavy atom. The summed E-state index contributed by atoms with van der Waals surface area (Å²) in [5.41, 5.74) is 1.70. The maximum atomic E-state index is 12.4. The highest BCUT2D eigenvalue weighted by molar-refractivity contribution is 6.07. The number of aromatic nitrogens is 4. The number of rotatable bonds is 5. The number of alkyl halides is 2. The number of H-pyrrole nitrogens is 1. The molecule has 0 atom stereocenters. The van der Waals surface area contributed by atoms with Crippen molar-refractivity contribution >= 4 is 11.6 Å². The summed E-state index contributed by atoms with van der Waals surface area (Å²) in [4.78, 5) is 12.4. The van der Waals surface area contributed by atoms with E-state index in [4.69, 9.17) is 0 Å². The predicted octanol–water partition coefficient (Wildman–Crippen LogP) is 2.66. The summed E-state index contributed by atoms with van der Waals surface area (Å²) in [5.74, 6) is -0.400. The van der Waals surface area contributed by atoms with Gasteiger partial charge in [0.05, 0.1) is 29.3 Å². The van der Waals surface area contributed by atoms with Crippen LogP contribution in [0.1, 0.15) is 10.4 Å². The van der Waals surface area contributed by atoms with E-state index in [-0.39, 0.29) is 11.3 Å². The van der Waals surface area contributed by atoms with Crippen molar-refractivity contribution in [2.45, 2.75) is 6.61 Å². The van der Waals surface area contributed by atoms with Crippen molar-refractivity contribution in [3.63, 3.8) is 0 Å². The normalized spacial score (nSPS) is 10.8. The highest BCUT2D eigenvalue weighted by Gasteiger charge is 2.17. The van der Waals surface area contributed by atoms with Crippen LogP contribution in [-0.2, 0) is 7.05 Å². The molecule has 2 heterocycles. The molecule has 0 bridgehead atoms. The fraction of sp³-hybridized carbons (Fsp3) is 0.133. The Hall–Kier alpha value is -3.23. The number of halogens is 2. The van der Waals surface area contributed by atoms with Crippen LogP contribution >= 0.6 is 0 Å².